The molecule has 0 bridgehead atoms. The van der Waals surface area contributed by atoms with E-state index in [2.05, 4.69) is 31.5 Å². The molecule has 1 amide bonds. The van der Waals surface area contributed by atoms with Crippen LogP contribution in [0.4, 0.5) is 10.5 Å². The minimum absolute atomic E-state index is 0.0122. The molecule has 34 heavy (non-hydrogen) atoms. The normalized spacial score (nSPS) is 13.5. The average molecular weight is 475 g/mol. The number of aliphatic carboxylic acids is 1. The number of aromatic nitrogens is 3. The lowest BCUT2D eigenvalue weighted by atomic mass is 10.1. The van der Waals surface area contributed by atoms with Crippen LogP contribution >= 0.6 is 11.5 Å². The Bertz CT molecular complexity index is 1480. The zero-order chi connectivity index (χ0) is 23.7. The summed E-state index contributed by atoms with van der Waals surface area (Å²) in [6, 6.07) is 11.0. The highest BCUT2D eigenvalue weighted by molar-refractivity contribution is 7.07. The number of oxazole rings is 2. The van der Waals surface area contributed by atoms with Crippen molar-refractivity contribution in [1.29, 1.82) is 5.26 Å². The van der Waals surface area contributed by atoms with Crippen molar-refractivity contribution in [2.45, 2.75) is 24.9 Å². The number of carboxylic acids is 1. The first-order valence-electron chi connectivity index (χ1n) is 9.89. The summed E-state index contributed by atoms with van der Waals surface area (Å²) in [5.74, 6) is 4.45. The van der Waals surface area contributed by atoms with Gasteiger partial charge in [0, 0.05) is 0 Å². The van der Waals surface area contributed by atoms with Crippen molar-refractivity contribution < 1.29 is 28.3 Å². The first kappa shape index (κ1) is 21.2. The third-order valence-corrected chi connectivity index (χ3v) is 5.83. The fourth-order valence-electron chi connectivity index (χ4n) is 3.08. The molecule has 5 rings (SSSR count). The molecule has 0 atom stereocenters. The van der Waals surface area contributed by atoms with E-state index in [1.807, 2.05) is 36.4 Å². The van der Waals surface area contributed by atoms with Crippen molar-refractivity contribution in [2.75, 3.05) is 5.32 Å². The molecular formula is C22H13N5O6S. The maximum absolute atomic E-state index is 12.2. The summed E-state index contributed by atoms with van der Waals surface area (Å²) in [5.41, 5.74) is -0.121. The molecule has 1 saturated carbocycles. The number of hydrogen-bond acceptors (Lipinski definition) is 10. The largest absolute Gasteiger partial charge is 0.480 e. The van der Waals surface area contributed by atoms with Gasteiger partial charge in [0.15, 0.2) is 5.69 Å². The van der Waals surface area contributed by atoms with Crippen molar-refractivity contribution in [3.05, 3.63) is 58.2 Å². The zero-order valence-electron chi connectivity index (χ0n) is 17.2. The summed E-state index contributed by atoms with van der Waals surface area (Å²) in [5, 5.41) is 21.2. The Labute approximate surface area is 195 Å². The molecule has 0 aliphatic heterocycles. The van der Waals surface area contributed by atoms with Crippen molar-refractivity contribution >= 4 is 40.7 Å². The van der Waals surface area contributed by atoms with Crippen LogP contribution in [0, 0.1) is 23.2 Å². The Morgan fingerprint density at radius 3 is 2.62 bits per heavy atom. The monoisotopic (exact) mass is 475 g/mol. The Hall–Kier alpha value is -4.68. The molecule has 2 N–H and O–H groups in total. The molecule has 1 aromatic carbocycles. The molecule has 1 fully saturated rings. The number of nitrogens with one attached hydrogen (secondary N) is 1. The van der Waals surface area contributed by atoms with Crippen molar-refractivity contribution in [3.63, 3.8) is 0 Å². The molecule has 1 aliphatic carbocycles. The van der Waals surface area contributed by atoms with Gasteiger partial charge in [-0.1, -0.05) is 30.3 Å². The van der Waals surface area contributed by atoms with E-state index in [1.54, 1.807) is 0 Å². The number of carbonyl (C=O) groups excluding carboxylic acids is 1. The number of ether oxygens (including phenoxy) is 1. The number of carboxylic acid groups (broad SMARTS) is 1. The molecule has 0 spiro atoms. The van der Waals surface area contributed by atoms with Gasteiger partial charge in [-0.3, -0.25) is 10.1 Å². The summed E-state index contributed by atoms with van der Waals surface area (Å²) in [6.07, 6.45) is 0.115. The van der Waals surface area contributed by atoms with E-state index < -0.39 is 17.5 Å². The predicted octanol–water partition coefficient (Wildman–Crippen LogP) is 3.41. The van der Waals surface area contributed by atoms with Crippen LogP contribution in [0.15, 0.2) is 39.2 Å². The van der Waals surface area contributed by atoms with Gasteiger partial charge in [-0.15, -0.1) is 0 Å². The highest BCUT2D eigenvalue weighted by Crippen LogP contribution is 2.48. The number of benzene rings is 1. The van der Waals surface area contributed by atoms with Gasteiger partial charge in [0.05, 0.1) is 0 Å². The standard InChI is InChI=1S/C22H13N5O6S/c23-10-13-16(25-21(30)31-11-12-4-2-1-3-5-12)14(34-27-13)6-7-15-24-17-18(32-15)26-19(33-17)22(8-9-22)20(28)29/h1-5H,8-9,11H2,(H,25,30)(H,28,29). The number of fused-ring (bicyclic) bond motifs is 1. The highest BCUT2D eigenvalue weighted by atomic mass is 32.1. The molecule has 4 aromatic rings. The third-order valence-electron chi connectivity index (χ3n) is 5.07. The lowest BCUT2D eigenvalue weighted by Crippen LogP contribution is -2.19. The third kappa shape index (κ3) is 3.94. The lowest BCUT2D eigenvalue weighted by molar-refractivity contribution is -0.140. The second kappa shape index (κ2) is 8.35. The predicted molar refractivity (Wildman–Crippen MR) is 116 cm³/mol. The second-order valence-corrected chi connectivity index (χ2v) is 8.09. The number of amides is 1. The van der Waals surface area contributed by atoms with Gasteiger partial charge >= 0.3 is 12.1 Å². The Balaban J connectivity index is 1.32. The van der Waals surface area contributed by atoms with Crippen LogP contribution in [-0.4, -0.2) is 31.5 Å². The number of rotatable bonds is 5. The van der Waals surface area contributed by atoms with Crippen LogP contribution in [0.5, 0.6) is 0 Å². The maximum Gasteiger partial charge on any atom is 0.412 e. The van der Waals surface area contributed by atoms with E-state index in [9.17, 15) is 20.0 Å². The SMILES string of the molecule is N#Cc1nsc(C#Cc2nc3oc(C4(C(=O)O)CC4)nc3o2)c1NC(=O)OCc1ccccc1. The molecule has 12 heteroatoms. The molecule has 0 radical (unpaired) electrons. The number of nitrogens with zero attached hydrogens (tertiary/aromatic N) is 4. The van der Waals surface area contributed by atoms with E-state index in [-0.39, 0.29) is 41.2 Å². The first-order chi connectivity index (χ1) is 16.5. The number of nitriles is 1. The average Bonchev–Trinajstić information content (AvgIpc) is 3.23. The van der Waals surface area contributed by atoms with Crippen LogP contribution in [0.25, 0.3) is 11.4 Å². The van der Waals surface area contributed by atoms with E-state index >= 15 is 0 Å². The Kier molecular flexibility index (Phi) is 5.20. The summed E-state index contributed by atoms with van der Waals surface area (Å²) in [4.78, 5) is 32.1. The topological polar surface area (TPSA) is 164 Å². The molecule has 0 saturated heterocycles. The Morgan fingerprint density at radius 1 is 1.18 bits per heavy atom. The fraction of sp³-hybridized carbons (Fsp3) is 0.182. The summed E-state index contributed by atoms with van der Waals surface area (Å²) in [6.45, 7) is 0.0562. The van der Waals surface area contributed by atoms with Crippen LogP contribution in [0.3, 0.4) is 0 Å². The minimum Gasteiger partial charge on any atom is -0.480 e. The molecule has 11 nitrogen and oxygen atoms in total. The molecule has 0 unspecified atom stereocenters. The quantitative estimate of drug-likeness (QED) is 0.409. The van der Waals surface area contributed by atoms with Gasteiger partial charge in [-0.2, -0.15) is 19.6 Å². The van der Waals surface area contributed by atoms with Crippen molar-refractivity contribution in [1.82, 2.24) is 14.3 Å². The number of hydrogen-bond donors (Lipinski definition) is 2. The van der Waals surface area contributed by atoms with Gasteiger partial charge in [0.2, 0.25) is 5.89 Å². The Morgan fingerprint density at radius 2 is 1.94 bits per heavy atom. The fourth-order valence-corrected chi connectivity index (χ4v) is 3.73. The van der Waals surface area contributed by atoms with Crippen molar-refractivity contribution in [3.8, 4) is 17.9 Å². The summed E-state index contributed by atoms with van der Waals surface area (Å²) in [7, 11) is 0. The van der Waals surface area contributed by atoms with Gasteiger partial charge < -0.3 is 18.7 Å². The van der Waals surface area contributed by atoms with Gasteiger partial charge in [-0.05, 0) is 41.8 Å². The first-order valence-corrected chi connectivity index (χ1v) is 10.7. The highest BCUT2D eigenvalue weighted by Gasteiger charge is 2.56. The smallest absolute Gasteiger partial charge is 0.412 e. The van der Waals surface area contributed by atoms with Crippen LogP contribution < -0.4 is 5.32 Å². The van der Waals surface area contributed by atoms with E-state index in [1.165, 1.54) is 0 Å². The maximum atomic E-state index is 12.2. The van der Waals surface area contributed by atoms with Crippen molar-refractivity contribution in [2.24, 2.45) is 0 Å². The molecule has 3 aromatic heterocycles. The van der Waals surface area contributed by atoms with Gasteiger partial charge in [-0.25, -0.2) is 4.79 Å². The second-order valence-electron chi connectivity index (χ2n) is 7.32. The van der Waals surface area contributed by atoms with E-state index in [0.29, 0.717) is 17.7 Å². The molecule has 1 aliphatic rings. The molecule has 3 heterocycles. The number of anilines is 1. The summed E-state index contributed by atoms with van der Waals surface area (Å²) >= 11 is 0.913. The van der Waals surface area contributed by atoms with E-state index in [0.717, 1.165) is 17.1 Å². The van der Waals surface area contributed by atoms with Gasteiger partial charge in [0.1, 0.15) is 28.7 Å². The van der Waals surface area contributed by atoms with Crippen LogP contribution in [0.2, 0.25) is 0 Å². The zero-order valence-corrected chi connectivity index (χ0v) is 18.0. The number of carbonyl (C=O) groups is 2. The lowest BCUT2D eigenvalue weighted by Gasteiger charge is -2.06. The van der Waals surface area contributed by atoms with E-state index in [4.69, 9.17) is 13.6 Å². The minimum atomic E-state index is -1.11. The summed E-state index contributed by atoms with van der Waals surface area (Å²) < 4.78 is 20.1. The van der Waals surface area contributed by atoms with Gasteiger partial charge in [0.25, 0.3) is 17.3 Å². The molecular weight excluding hydrogens is 462 g/mol. The van der Waals surface area contributed by atoms with Crippen LogP contribution in [0.1, 0.15) is 40.8 Å². The molecule has 168 valence electrons. The van der Waals surface area contributed by atoms with Crippen LogP contribution in [-0.2, 0) is 21.6 Å².